The Morgan fingerprint density at radius 2 is 2.00 bits per heavy atom. The van der Waals surface area contributed by atoms with Crippen molar-refractivity contribution in [3.8, 4) is 0 Å². The number of hydrogen-bond acceptors (Lipinski definition) is 4. The lowest BCUT2D eigenvalue weighted by Crippen LogP contribution is -2.20. The number of fused-ring (bicyclic) bond motifs is 1. The van der Waals surface area contributed by atoms with Crippen LogP contribution in [0.15, 0.2) is 0 Å². The average Bonchev–Trinajstić information content (AvgIpc) is 2.75. The van der Waals surface area contributed by atoms with Crippen LogP contribution in [0.4, 0.5) is 5.13 Å². The van der Waals surface area contributed by atoms with Gasteiger partial charge in [0, 0.05) is 24.6 Å². The summed E-state index contributed by atoms with van der Waals surface area (Å²) in [6, 6.07) is 0. The molecular weight excluding hydrogens is 194 g/mol. The van der Waals surface area contributed by atoms with Crippen LogP contribution >= 0.6 is 11.5 Å². The molecule has 1 saturated carbocycles. The van der Waals surface area contributed by atoms with Gasteiger partial charge in [-0.2, -0.15) is 4.37 Å². The molecule has 76 valence electrons. The first-order chi connectivity index (χ1) is 6.83. The number of hydrogen-bond donors (Lipinski definition) is 0. The number of nitrogens with zero attached hydrogens (tertiary/aromatic N) is 3. The van der Waals surface area contributed by atoms with E-state index in [0.29, 0.717) is 0 Å². The van der Waals surface area contributed by atoms with Gasteiger partial charge < -0.3 is 4.90 Å². The van der Waals surface area contributed by atoms with Gasteiger partial charge in [-0.05, 0) is 31.6 Å². The van der Waals surface area contributed by atoms with Crippen molar-refractivity contribution in [2.24, 2.45) is 11.8 Å². The first-order valence-electron chi connectivity index (χ1n) is 5.38. The highest BCUT2D eigenvalue weighted by Gasteiger charge is 2.36. The normalized spacial score (nSPS) is 31.1. The van der Waals surface area contributed by atoms with Gasteiger partial charge in [0.15, 0.2) is 0 Å². The topological polar surface area (TPSA) is 29.0 Å². The smallest absolute Gasteiger partial charge is 0.205 e. The van der Waals surface area contributed by atoms with Gasteiger partial charge in [0.05, 0.1) is 0 Å². The van der Waals surface area contributed by atoms with E-state index in [9.17, 15) is 0 Å². The van der Waals surface area contributed by atoms with Crippen molar-refractivity contribution in [2.75, 3.05) is 18.0 Å². The first kappa shape index (κ1) is 8.65. The fourth-order valence-corrected chi connectivity index (χ4v) is 3.50. The molecule has 2 unspecified atom stereocenters. The van der Waals surface area contributed by atoms with Crippen molar-refractivity contribution in [1.29, 1.82) is 0 Å². The molecule has 2 aliphatic rings. The van der Waals surface area contributed by atoms with Gasteiger partial charge in [-0.15, -0.1) is 0 Å². The van der Waals surface area contributed by atoms with Crippen LogP contribution in [0.3, 0.4) is 0 Å². The Morgan fingerprint density at radius 1 is 1.29 bits per heavy atom. The molecule has 0 amide bonds. The Kier molecular flexibility index (Phi) is 1.97. The molecule has 0 bridgehead atoms. The second-order valence-electron chi connectivity index (χ2n) is 4.48. The lowest BCUT2D eigenvalue weighted by atomic mass is 10.0. The van der Waals surface area contributed by atoms with Crippen molar-refractivity contribution >= 4 is 16.7 Å². The Labute approximate surface area is 88.3 Å². The highest BCUT2D eigenvalue weighted by molar-refractivity contribution is 7.09. The van der Waals surface area contributed by atoms with Gasteiger partial charge >= 0.3 is 0 Å². The molecule has 1 aliphatic carbocycles. The minimum absolute atomic E-state index is 0.919. The molecule has 14 heavy (non-hydrogen) atoms. The number of aromatic nitrogens is 2. The number of aryl methyl sites for hydroxylation is 1. The fraction of sp³-hybridized carbons (Fsp3) is 0.800. The molecule has 3 rings (SSSR count). The maximum atomic E-state index is 4.45. The van der Waals surface area contributed by atoms with Crippen LogP contribution in [0.5, 0.6) is 0 Å². The molecule has 1 aliphatic heterocycles. The van der Waals surface area contributed by atoms with Gasteiger partial charge in [-0.3, -0.25) is 0 Å². The summed E-state index contributed by atoms with van der Waals surface area (Å²) in [6.45, 7) is 4.41. The van der Waals surface area contributed by atoms with Crippen LogP contribution in [0, 0.1) is 18.8 Å². The zero-order valence-corrected chi connectivity index (χ0v) is 9.26. The molecule has 0 N–H and O–H groups in total. The molecule has 2 atom stereocenters. The highest BCUT2D eigenvalue weighted by Crippen LogP contribution is 2.39. The van der Waals surface area contributed by atoms with Crippen LogP contribution in [0.2, 0.25) is 0 Å². The molecule has 0 aromatic carbocycles. The van der Waals surface area contributed by atoms with Crippen LogP contribution in [0.25, 0.3) is 0 Å². The third-order valence-corrected chi connectivity index (χ3v) is 4.38. The summed E-state index contributed by atoms with van der Waals surface area (Å²) < 4.78 is 4.24. The second-order valence-corrected chi connectivity index (χ2v) is 5.21. The lowest BCUT2D eigenvalue weighted by molar-refractivity contribution is 0.494. The van der Waals surface area contributed by atoms with E-state index in [0.717, 1.165) is 22.8 Å². The predicted octanol–water partition coefficient (Wildman–Crippen LogP) is 2.08. The van der Waals surface area contributed by atoms with Crippen molar-refractivity contribution in [3.05, 3.63) is 5.82 Å². The second kappa shape index (κ2) is 3.19. The van der Waals surface area contributed by atoms with Crippen LogP contribution in [0.1, 0.15) is 25.1 Å². The van der Waals surface area contributed by atoms with E-state index >= 15 is 0 Å². The molecule has 0 radical (unpaired) electrons. The van der Waals surface area contributed by atoms with E-state index < -0.39 is 0 Å². The van der Waals surface area contributed by atoms with E-state index in [4.69, 9.17) is 0 Å². The summed E-state index contributed by atoms with van der Waals surface area (Å²) in [5.74, 6) is 2.81. The molecule has 1 aromatic rings. The standard InChI is InChI=1S/C10H15N3S/c1-7-11-10(14-12-7)13-5-8-3-2-4-9(8)6-13/h8-9H,2-6H2,1H3. The largest absolute Gasteiger partial charge is 0.346 e. The van der Waals surface area contributed by atoms with Gasteiger partial charge in [0.25, 0.3) is 0 Å². The Hall–Kier alpha value is -0.640. The average molecular weight is 209 g/mol. The molecule has 2 fully saturated rings. The molecule has 2 heterocycles. The zero-order valence-electron chi connectivity index (χ0n) is 8.44. The van der Waals surface area contributed by atoms with Crippen LogP contribution in [-0.2, 0) is 0 Å². The Morgan fingerprint density at radius 3 is 2.57 bits per heavy atom. The molecule has 4 heteroatoms. The van der Waals surface area contributed by atoms with E-state index in [-0.39, 0.29) is 0 Å². The third-order valence-electron chi connectivity index (χ3n) is 3.51. The monoisotopic (exact) mass is 209 g/mol. The highest BCUT2D eigenvalue weighted by atomic mass is 32.1. The molecular formula is C10H15N3S. The summed E-state index contributed by atoms with van der Waals surface area (Å²) in [7, 11) is 0. The minimum atomic E-state index is 0.919. The summed E-state index contributed by atoms with van der Waals surface area (Å²) in [5.41, 5.74) is 0. The van der Waals surface area contributed by atoms with Gasteiger partial charge in [-0.25, -0.2) is 4.98 Å². The summed E-state index contributed by atoms with van der Waals surface area (Å²) >= 11 is 1.55. The van der Waals surface area contributed by atoms with Gasteiger partial charge in [0.2, 0.25) is 5.13 Å². The SMILES string of the molecule is Cc1nsc(N2CC3CCCC3C2)n1. The van der Waals surface area contributed by atoms with Crippen molar-refractivity contribution in [1.82, 2.24) is 9.36 Å². The Bertz CT molecular complexity index is 324. The van der Waals surface area contributed by atoms with Crippen molar-refractivity contribution in [3.63, 3.8) is 0 Å². The number of rotatable bonds is 1. The summed E-state index contributed by atoms with van der Waals surface area (Å²) in [5, 5.41) is 1.14. The van der Waals surface area contributed by atoms with E-state index in [1.165, 1.54) is 32.4 Å². The fourth-order valence-electron chi connectivity index (χ4n) is 2.81. The Balaban J connectivity index is 1.76. The van der Waals surface area contributed by atoms with Crippen LogP contribution in [-0.4, -0.2) is 22.4 Å². The zero-order chi connectivity index (χ0) is 9.54. The third kappa shape index (κ3) is 1.32. The molecule has 1 aromatic heterocycles. The van der Waals surface area contributed by atoms with Gasteiger partial charge in [-0.1, -0.05) is 6.42 Å². The predicted molar refractivity (Wildman–Crippen MR) is 57.7 cm³/mol. The maximum Gasteiger partial charge on any atom is 0.205 e. The molecule has 0 spiro atoms. The minimum Gasteiger partial charge on any atom is -0.346 e. The van der Waals surface area contributed by atoms with Gasteiger partial charge in [0.1, 0.15) is 5.82 Å². The quantitative estimate of drug-likeness (QED) is 0.709. The molecule has 3 nitrogen and oxygen atoms in total. The first-order valence-corrected chi connectivity index (χ1v) is 6.15. The maximum absolute atomic E-state index is 4.45. The van der Waals surface area contributed by atoms with E-state index in [2.05, 4.69) is 14.3 Å². The number of anilines is 1. The lowest BCUT2D eigenvalue weighted by Gasteiger charge is -2.14. The summed E-state index contributed by atoms with van der Waals surface area (Å²) in [4.78, 5) is 6.88. The van der Waals surface area contributed by atoms with Crippen molar-refractivity contribution in [2.45, 2.75) is 26.2 Å². The summed E-state index contributed by atoms with van der Waals surface area (Å²) in [6.07, 6.45) is 4.30. The van der Waals surface area contributed by atoms with Crippen LogP contribution < -0.4 is 4.90 Å². The molecule has 1 saturated heterocycles. The van der Waals surface area contributed by atoms with E-state index in [1.807, 2.05) is 6.92 Å². The van der Waals surface area contributed by atoms with Crippen molar-refractivity contribution < 1.29 is 0 Å². The van der Waals surface area contributed by atoms with E-state index in [1.54, 1.807) is 11.5 Å².